The Morgan fingerprint density at radius 1 is 1.24 bits per heavy atom. The molecule has 1 N–H and O–H groups in total. The average molecular weight is 359 g/mol. The zero-order chi connectivity index (χ0) is 18.8. The van der Waals surface area contributed by atoms with Crippen molar-refractivity contribution in [3.63, 3.8) is 0 Å². The largest absolute Gasteiger partial charge is 0.411 e. The topological polar surface area (TPSA) is 64.1 Å². The Morgan fingerprint density at radius 2 is 1.88 bits per heavy atom. The summed E-state index contributed by atoms with van der Waals surface area (Å²) < 4.78 is 54.4. The molecule has 2 rings (SSSR count). The third-order valence-electron chi connectivity index (χ3n) is 3.40. The first-order chi connectivity index (χ1) is 11.6. The Labute approximate surface area is 141 Å². The number of benzene rings is 1. The third-order valence-corrected chi connectivity index (χ3v) is 3.40. The van der Waals surface area contributed by atoms with E-state index in [1.807, 2.05) is 0 Å². The number of aryl methyl sites for hydroxylation is 2. The summed E-state index contributed by atoms with van der Waals surface area (Å²) in [4.78, 5) is 20.8. The van der Waals surface area contributed by atoms with Gasteiger partial charge in [-0.2, -0.15) is 13.2 Å². The second kappa shape index (κ2) is 7.30. The van der Waals surface area contributed by atoms with Crippen LogP contribution in [0.4, 0.5) is 17.6 Å². The zero-order valence-electron chi connectivity index (χ0n) is 13.9. The van der Waals surface area contributed by atoms with Gasteiger partial charge in [0.1, 0.15) is 17.9 Å². The summed E-state index contributed by atoms with van der Waals surface area (Å²) in [6.45, 7) is 3.17. The second-order valence-corrected chi connectivity index (χ2v) is 5.72. The maximum Gasteiger partial charge on any atom is 0.411 e. The number of aromatic nitrogens is 2. The molecule has 0 fully saturated rings. The fourth-order valence-corrected chi connectivity index (χ4v) is 2.17. The third kappa shape index (κ3) is 5.09. The van der Waals surface area contributed by atoms with Crippen LogP contribution in [0.1, 0.15) is 28.7 Å². The van der Waals surface area contributed by atoms with E-state index in [1.54, 1.807) is 13.8 Å². The van der Waals surface area contributed by atoms with Crippen LogP contribution in [-0.4, -0.2) is 41.3 Å². The predicted molar refractivity (Wildman–Crippen MR) is 82.8 cm³/mol. The summed E-state index contributed by atoms with van der Waals surface area (Å²) in [6, 6.07) is 1.49. The average Bonchev–Trinajstić information content (AvgIpc) is 2.46. The number of carbonyl (C=O) groups is 1. The Hall–Kier alpha value is -2.29. The highest BCUT2D eigenvalue weighted by Gasteiger charge is 2.27. The molecular formula is C16H17F4N3O2. The molecule has 0 aliphatic carbocycles. The van der Waals surface area contributed by atoms with Crippen LogP contribution in [0.25, 0.3) is 11.0 Å². The Balaban J connectivity index is 2.17. The maximum absolute atomic E-state index is 13.8. The summed E-state index contributed by atoms with van der Waals surface area (Å²) in [5.41, 5.74) is 1.63. The standard InChI is InChI=1S/C16H17F4N3O2/c1-8(6-25-7-16(18,19)20)21-15(24)12-4-11(17)5-13-14(12)23-10(3)9(2)22-13/h4-5,8H,6-7H2,1-3H3,(H,21,24). The Bertz CT molecular complexity index is 793. The maximum atomic E-state index is 13.8. The minimum absolute atomic E-state index is 0.0340. The monoisotopic (exact) mass is 359 g/mol. The number of nitrogens with zero attached hydrogens (tertiary/aromatic N) is 2. The van der Waals surface area contributed by atoms with Gasteiger partial charge in [-0.25, -0.2) is 14.4 Å². The van der Waals surface area contributed by atoms with E-state index in [0.29, 0.717) is 11.4 Å². The number of halogens is 4. The van der Waals surface area contributed by atoms with E-state index in [9.17, 15) is 22.4 Å². The molecule has 0 spiro atoms. The molecule has 1 unspecified atom stereocenters. The number of carbonyl (C=O) groups excluding carboxylic acids is 1. The quantitative estimate of drug-likeness (QED) is 0.834. The van der Waals surface area contributed by atoms with Crippen molar-refractivity contribution in [3.8, 4) is 0 Å². The van der Waals surface area contributed by atoms with Crippen LogP contribution in [0.2, 0.25) is 0 Å². The van der Waals surface area contributed by atoms with Crippen LogP contribution >= 0.6 is 0 Å². The summed E-state index contributed by atoms with van der Waals surface area (Å²) in [5, 5.41) is 2.47. The van der Waals surface area contributed by atoms with Crippen molar-refractivity contribution in [1.29, 1.82) is 0 Å². The Kier molecular flexibility index (Phi) is 5.56. The SMILES string of the molecule is Cc1nc2cc(F)cc(C(=O)NC(C)COCC(F)(F)F)c2nc1C. The van der Waals surface area contributed by atoms with Crippen LogP contribution in [0.15, 0.2) is 12.1 Å². The van der Waals surface area contributed by atoms with Gasteiger partial charge in [-0.05, 0) is 26.8 Å². The molecule has 1 heterocycles. The van der Waals surface area contributed by atoms with Crippen molar-refractivity contribution in [1.82, 2.24) is 15.3 Å². The van der Waals surface area contributed by atoms with Gasteiger partial charge in [0.05, 0.1) is 29.1 Å². The first-order valence-corrected chi connectivity index (χ1v) is 7.46. The lowest BCUT2D eigenvalue weighted by molar-refractivity contribution is -0.174. The van der Waals surface area contributed by atoms with Gasteiger partial charge in [-0.3, -0.25) is 4.79 Å². The smallest absolute Gasteiger partial charge is 0.370 e. The zero-order valence-corrected chi connectivity index (χ0v) is 13.9. The predicted octanol–water partition coefficient (Wildman–Crippen LogP) is 3.08. The molecule has 9 heteroatoms. The van der Waals surface area contributed by atoms with Gasteiger partial charge in [0, 0.05) is 12.1 Å². The molecule has 5 nitrogen and oxygen atoms in total. The van der Waals surface area contributed by atoms with Crippen molar-refractivity contribution >= 4 is 16.9 Å². The molecule has 0 radical (unpaired) electrons. The highest BCUT2D eigenvalue weighted by molar-refractivity contribution is 6.04. The molecule has 1 amide bonds. The van der Waals surface area contributed by atoms with E-state index in [1.165, 1.54) is 13.0 Å². The van der Waals surface area contributed by atoms with Gasteiger partial charge in [0.2, 0.25) is 0 Å². The summed E-state index contributed by atoms with van der Waals surface area (Å²) in [5.74, 6) is -1.32. The molecule has 1 atom stereocenters. The fourth-order valence-electron chi connectivity index (χ4n) is 2.17. The molecule has 25 heavy (non-hydrogen) atoms. The molecule has 0 saturated carbocycles. The van der Waals surface area contributed by atoms with E-state index in [0.717, 1.165) is 6.07 Å². The normalized spacial score (nSPS) is 13.1. The van der Waals surface area contributed by atoms with Gasteiger partial charge < -0.3 is 10.1 Å². The van der Waals surface area contributed by atoms with Crippen molar-refractivity contribution in [2.45, 2.75) is 33.0 Å². The number of rotatable bonds is 5. The van der Waals surface area contributed by atoms with Crippen LogP contribution in [0.3, 0.4) is 0 Å². The molecule has 136 valence electrons. The van der Waals surface area contributed by atoms with E-state index < -0.39 is 30.5 Å². The van der Waals surface area contributed by atoms with Crippen molar-refractivity contribution in [3.05, 3.63) is 34.9 Å². The first kappa shape index (κ1) is 19.0. The van der Waals surface area contributed by atoms with Gasteiger partial charge in [-0.1, -0.05) is 0 Å². The molecule has 0 saturated heterocycles. The minimum Gasteiger partial charge on any atom is -0.370 e. The van der Waals surface area contributed by atoms with Gasteiger partial charge >= 0.3 is 6.18 Å². The summed E-state index contributed by atoms with van der Waals surface area (Å²) in [7, 11) is 0. The van der Waals surface area contributed by atoms with Crippen LogP contribution in [0, 0.1) is 19.7 Å². The fraction of sp³-hybridized carbons (Fsp3) is 0.438. The van der Waals surface area contributed by atoms with Crippen LogP contribution in [0.5, 0.6) is 0 Å². The first-order valence-electron chi connectivity index (χ1n) is 7.46. The van der Waals surface area contributed by atoms with Crippen molar-refractivity contribution in [2.75, 3.05) is 13.2 Å². The van der Waals surface area contributed by atoms with Gasteiger partial charge in [0.25, 0.3) is 5.91 Å². The molecule has 0 aliphatic rings. The number of ether oxygens (including phenoxy) is 1. The number of hydrogen-bond donors (Lipinski definition) is 1. The molecule has 1 aromatic carbocycles. The second-order valence-electron chi connectivity index (χ2n) is 5.72. The lowest BCUT2D eigenvalue weighted by Crippen LogP contribution is -2.37. The highest BCUT2D eigenvalue weighted by Crippen LogP contribution is 2.19. The van der Waals surface area contributed by atoms with Gasteiger partial charge in [0.15, 0.2) is 0 Å². The number of fused-ring (bicyclic) bond motifs is 1. The summed E-state index contributed by atoms with van der Waals surface area (Å²) >= 11 is 0. The minimum atomic E-state index is -4.44. The van der Waals surface area contributed by atoms with E-state index >= 15 is 0 Å². The highest BCUT2D eigenvalue weighted by atomic mass is 19.4. The van der Waals surface area contributed by atoms with E-state index in [4.69, 9.17) is 0 Å². The summed E-state index contributed by atoms with van der Waals surface area (Å²) in [6.07, 6.45) is -4.44. The van der Waals surface area contributed by atoms with Gasteiger partial charge in [-0.15, -0.1) is 0 Å². The number of amides is 1. The molecule has 2 aromatic rings. The van der Waals surface area contributed by atoms with Crippen molar-refractivity contribution in [2.24, 2.45) is 0 Å². The van der Waals surface area contributed by atoms with Crippen LogP contribution < -0.4 is 5.32 Å². The van der Waals surface area contributed by atoms with Crippen LogP contribution in [-0.2, 0) is 4.74 Å². The lowest BCUT2D eigenvalue weighted by Gasteiger charge is -2.16. The number of hydrogen-bond acceptors (Lipinski definition) is 4. The molecule has 1 aromatic heterocycles. The lowest BCUT2D eigenvalue weighted by atomic mass is 10.1. The van der Waals surface area contributed by atoms with Crippen molar-refractivity contribution < 1.29 is 27.1 Å². The molecule has 0 bridgehead atoms. The molecular weight excluding hydrogens is 342 g/mol. The molecule has 0 aliphatic heterocycles. The van der Waals surface area contributed by atoms with E-state index in [-0.39, 0.29) is 23.2 Å². The number of nitrogens with one attached hydrogen (secondary N) is 1. The Morgan fingerprint density at radius 3 is 2.52 bits per heavy atom. The van der Waals surface area contributed by atoms with E-state index in [2.05, 4.69) is 20.0 Å². The number of alkyl halides is 3.